The van der Waals surface area contributed by atoms with Crippen molar-refractivity contribution in [2.45, 2.75) is 64.2 Å². The monoisotopic (exact) mass is 409 g/mol. The SMILES string of the molecule is CCCCCN1CC[C@@H](c2ccc(F)cc2)[C@H](COc2ccc3c(c2)CCCC3)C1. The number of likely N-dealkylation sites (tertiary alicyclic amines) is 1. The minimum atomic E-state index is -0.155. The van der Waals surface area contributed by atoms with E-state index in [0.717, 1.165) is 31.9 Å². The molecule has 0 unspecified atom stereocenters. The number of fused-ring (bicyclic) bond motifs is 1. The summed E-state index contributed by atoms with van der Waals surface area (Å²) in [6, 6.07) is 13.8. The number of hydrogen-bond donors (Lipinski definition) is 0. The van der Waals surface area contributed by atoms with Gasteiger partial charge in [-0.25, -0.2) is 4.39 Å². The Morgan fingerprint density at radius 3 is 2.60 bits per heavy atom. The lowest BCUT2D eigenvalue weighted by Crippen LogP contribution is -2.42. The van der Waals surface area contributed by atoms with Crippen LogP contribution in [-0.2, 0) is 12.8 Å². The van der Waals surface area contributed by atoms with Crippen molar-refractivity contribution in [1.29, 1.82) is 0 Å². The molecule has 0 radical (unpaired) electrons. The number of ether oxygens (including phenoxy) is 1. The summed E-state index contributed by atoms with van der Waals surface area (Å²) in [4.78, 5) is 2.61. The van der Waals surface area contributed by atoms with Crippen LogP contribution in [0.3, 0.4) is 0 Å². The molecular formula is C27H36FNO. The first-order valence-corrected chi connectivity index (χ1v) is 12.0. The number of aryl methyl sites for hydroxylation is 2. The summed E-state index contributed by atoms with van der Waals surface area (Å²) < 4.78 is 19.8. The van der Waals surface area contributed by atoms with E-state index in [-0.39, 0.29) is 5.82 Å². The lowest BCUT2D eigenvalue weighted by molar-refractivity contribution is 0.109. The molecule has 0 N–H and O–H groups in total. The normalized spacial score (nSPS) is 21.9. The Hall–Kier alpha value is -1.87. The first kappa shape index (κ1) is 21.4. The average molecular weight is 410 g/mol. The van der Waals surface area contributed by atoms with E-state index in [9.17, 15) is 4.39 Å². The maximum atomic E-state index is 13.5. The highest BCUT2D eigenvalue weighted by atomic mass is 19.1. The first-order valence-electron chi connectivity index (χ1n) is 12.0. The molecule has 1 aliphatic heterocycles. The second kappa shape index (κ2) is 10.4. The Morgan fingerprint density at radius 1 is 1.00 bits per heavy atom. The van der Waals surface area contributed by atoms with Gasteiger partial charge in [0.1, 0.15) is 11.6 Å². The molecule has 2 nitrogen and oxygen atoms in total. The van der Waals surface area contributed by atoms with E-state index in [1.807, 2.05) is 12.1 Å². The molecule has 0 amide bonds. The van der Waals surface area contributed by atoms with Gasteiger partial charge in [-0.2, -0.15) is 0 Å². The summed E-state index contributed by atoms with van der Waals surface area (Å²) in [5, 5.41) is 0. The lowest BCUT2D eigenvalue weighted by atomic mass is 9.80. The molecule has 3 heteroatoms. The minimum absolute atomic E-state index is 0.155. The summed E-state index contributed by atoms with van der Waals surface area (Å²) in [6.07, 6.45) is 9.94. The third-order valence-corrected chi connectivity index (χ3v) is 6.98. The summed E-state index contributed by atoms with van der Waals surface area (Å²) in [6.45, 7) is 6.36. The van der Waals surface area contributed by atoms with Crippen LogP contribution < -0.4 is 4.74 Å². The van der Waals surface area contributed by atoms with Crippen molar-refractivity contribution >= 4 is 0 Å². The zero-order chi connectivity index (χ0) is 20.8. The van der Waals surface area contributed by atoms with Gasteiger partial charge in [-0.3, -0.25) is 0 Å². The van der Waals surface area contributed by atoms with Crippen molar-refractivity contribution in [2.24, 2.45) is 5.92 Å². The molecule has 2 atom stereocenters. The van der Waals surface area contributed by atoms with E-state index in [1.165, 1.54) is 68.2 Å². The number of halogens is 1. The van der Waals surface area contributed by atoms with Crippen molar-refractivity contribution in [2.75, 3.05) is 26.2 Å². The van der Waals surface area contributed by atoms with E-state index >= 15 is 0 Å². The van der Waals surface area contributed by atoms with E-state index in [2.05, 4.69) is 30.0 Å². The first-order chi connectivity index (χ1) is 14.7. The van der Waals surface area contributed by atoms with E-state index < -0.39 is 0 Å². The molecule has 4 rings (SSSR count). The van der Waals surface area contributed by atoms with Crippen LogP contribution in [0.15, 0.2) is 42.5 Å². The maximum Gasteiger partial charge on any atom is 0.123 e. The molecule has 0 saturated carbocycles. The maximum absolute atomic E-state index is 13.5. The fourth-order valence-electron chi connectivity index (χ4n) is 5.22. The van der Waals surface area contributed by atoms with Crippen molar-refractivity contribution in [1.82, 2.24) is 4.90 Å². The predicted octanol–water partition coefficient (Wildman–Crippen LogP) is 6.38. The van der Waals surface area contributed by atoms with Gasteiger partial charge in [0.25, 0.3) is 0 Å². The van der Waals surface area contributed by atoms with Gasteiger partial charge in [-0.1, -0.05) is 38.0 Å². The number of rotatable bonds is 8. The van der Waals surface area contributed by atoms with Gasteiger partial charge in [-0.15, -0.1) is 0 Å². The highest BCUT2D eigenvalue weighted by Gasteiger charge is 2.31. The van der Waals surface area contributed by atoms with Crippen LogP contribution in [0.4, 0.5) is 4.39 Å². The predicted molar refractivity (Wildman–Crippen MR) is 122 cm³/mol. The van der Waals surface area contributed by atoms with Gasteiger partial charge < -0.3 is 9.64 Å². The second-order valence-corrected chi connectivity index (χ2v) is 9.16. The number of benzene rings is 2. The highest BCUT2D eigenvalue weighted by molar-refractivity contribution is 5.37. The molecular weight excluding hydrogens is 373 g/mol. The largest absolute Gasteiger partial charge is 0.493 e. The van der Waals surface area contributed by atoms with Gasteiger partial charge in [0.2, 0.25) is 0 Å². The van der Waals surface area contributed by atoms with Gasteiger partial charge >= 0.3 is 0 Å². The molecule has 0 spiro atoms. The number of piperidine rings is 1. The van der Waals surface area contributed by atoms with Crippen molar-refractivity contribution in [3.63, 3.8) is 0 Å². The topological polar surface area (TPSA) is 12.5 Å². The van der Waals surface area contributed by atoms with Gasteiger partial charge in [0.15, 0.2) is 0 Å². The van der Waals surface area contributed by atoms with Crippen LogP contribution in [0.25, 0.3) is 0 Å². The van der Waals surface area contributed by atoms with Crippen molar-refractivity contribution in [3.05, 3.63) is 65.0 Å². The number of hydrogen-bond acceptors (Lipinski definition) is 2. The third-order valence-electron chi connectivity index (χ3n) is 6.98. The van der Waals surface area contributed by atoms with E-state index in [4.69, 9.17) is 4.74 Å². The van der Waals surface area contributed by atoms with Crippen LogP contribution in [0.1, 0.15) is 68.1 Å². The molecule has 162 valence electrons. The molecule has 1 fully saturated rings. The smallest absolute Gasteiger partial charge is 0.123 e. The zero-order valence-corrected chi connectivity index (χ0v) is 18.4. The van der Waals surface area contributed by atoms with Crippen molar-refractivity contribution < 1.29 is 9.13 Å². The van der Waals surface area contributed by atoms with Gasteiger partial charge in [-0.05, 0) is 98.5 Å². The summed E-state index contributed by atoms with van der Waals surface area (Å²) in [7, 11) is 0. The van der Waals surface area contributed by atoms with E-state index in [0.29, 0.717) is 11.8 Å². The van der Waals surface area contributed by atoms with Crippen LogP contribution >= 0.6 is 0 Å². The Morgan fingerprint density at radius 2 is 1.80 bits per heavy atom. The molecule has 2 aromatic rings. The molecule has 2 aliphatic rings. The van der Waals surface area contributed by atoms with Crippen LogP contribution in [0.5, 0.6) is 5.75 Å². The van der Waals surface area contributed by atoms with Gasteiger partial charge in [0, 0.05) is 12.5 Å². The quantitative estimate of drug-likeness (QED) is 0.469. The second-order valence-electron chi connectivity index (χ2n) is 9.16. The molecule has 30 heavy (non-hydrogen) atoms. The fourth-order valence-corrected chi connectivity index (χ4v) is 5.22. The molecule has 1 aliphatic carbocycles. The molecule has 2 aromatic carbocycles. The van der Waals surface area contributed by atoms with Crippen LogP contribution in [-0.4, -0.2) is 31.1 Å². The Balaban J connectivity index is 1.44. The van der Waals surface area contributed by atoms with Crippen molar-refractivity contribution in [3.8, 4) is 5.75 Å². The zero-order valence-electron chi connectivity index (χ0n) is 18.4. The Labute approximate surface area is 181 Å². The third kappa shape index (κ3) is 5.43. The van der Waals surface area contributed by atoms with E-state index in [1.54, 1.807) is 12.1 Å². The molecule has 1 saturated heterocycles. The molecule has 1 heterocycles. The summed E-state index contributed by atoms with van der Waals surface area (Å²) in [5.41, 5.74) is 4.22. The summed E-state index contributed by atoms with van der Waals surface area (Å²) in [5.74, 6) is 1.72. The fraction of sp³-hybridized carbons (Fsp3) is 0.556. The average Bonchev–Trinajstić information content (AvgIpc) is 2.78. The van der Waals surface area contributed by atoms with Crippen LogP contribution in [0.2, 0.25) is 0 Å². The Kier molecular flexibility index (Phi) is 7.43. The number of nitrogens with zero attached hydrogens (tertiary/aromatic N) is 1. The molecule has 0 bridgehead atoms. The minimum Gasteiger partial charge on any atom is -0.493 e. The standard InChI is InChI=1S/C27H36FNO/c1-2-3-6-16-29-17-15-27(22-9-12-25(28)13-10-22)24(19-29)20-30-26-14-11-21-7-4-5-8-23(21)18-26/h9-14,18,24,27H,2-8,15-17,19-20H2,1H3/t24-,27-/m0/s1. The molecule has 0 aromatic heterocycles. The number of unbranched alkanes of at least 4 members (excludes halogenated alkanes) is 2. The highest BCUT2D eigenvalue weighted by Crippen LogP contribution is 2.34. The van der Waals surface area contributed by atoms with Crippen LogP contribution in [0, 0.1) is 11.7 Å². The lowest BCUT2D eigenvalue weighted by Gasteiger charge is -2.39. The Bertz CT molecular complexity index is 803. The van der Waals surface area contributed by atoms with Gasteiger partial charge in [0.05, 0.1) is 6.61 Å². The summed E-state index contributed by atoms with van der Waals surface area (Å²) >= 11 is 0.